The standard InChI is InChI=1S/C17H26BrClN2/c1-12-3-6-14(7-4-12)21(2)10-9-17(20)15-8-5-13(18)11-16(15)19/h5,8,11-12,14,17H,3-4,6-7,9-10,20H2,1-2H3. The second kappa shape index (κ2) is 7.96. The summed E-state index contributed by atoms with van der Waals surface area (Å²) < 4.78 is 0.997. The smallest absolute Gasteiger partial charge is 0.0464 e. The molecule has 1 saturated carbocycles. The van der Waals surface area contributed by atoms with E-state index in [0.717, 1.165) is 40.0 Å². The molecule has 0 bridgehead atoms. The zero-order valence-electron chi connectivity index (χ0n) is 13.0. The summed E-state index contributed by atoms with van der Waals surface area (Å²) in [5.74, 6) is 0.901. The van der Waals surface area contributed by atoms with Gasteiger partial charge in [-0.1, -0.05) is 40.5 Å². The molecule has 0 radical (unpaired) electrons. The Kier molecular flexibility index (Phi) is 6.54. The van der Waals surface area contributed by atoms with E-state index in [1.54, 1.807) is 0 Å². The first-order valence-electron chi connectivity index (χ1n) is 7.88. The Morgan fingerprint density at radius 1 is 1.33 bits per heavy atom. The lowest BCUT2D eigenvalue weighted by Crippen LogP contribution is -2.36. The maximum Gasteiger partial charge on any atom is 0.0464 e. The molecule has 0 spiro atoms. The fourth-order valence-electron chi connectivity index (χ4n) is 3.17. The fourth-order valence-corrected chi connectivity index (χ4v) is 3.98. The van der Waals surface area contributed by atoms with Crippen LogP contribution in [0.15, 0.2) is 22.7 Å². The van der Waals surface area contributed by atoms with E-state index in [4.69, 9.17) is 17.3 Å². The highest BCUT2D eigenvalue weighted by molar-refractivity contribution is 9.10. The van der Waals surface area contributed by atoms with Gasteiger partial charge in [0.1, 0.15) is 0 Å². The van der Waals surface area contributed by atoms with Crippen molar-refractivity contribution in [1.82, 2.24) is 4.90 Å². The monoisotopic (exact) mass is 372 g/mol. The molecule has 118 valence electrons. The number of hydrogen-bond donors (Lipinski definition) is 1. The summed E-state index contributed by atoms with van der Waals surface area (Å²) in [6.45, 7) is 3.40. The van der Waals surface area contributed by atoms with E-state index in [0.29, 0.717) is 0 Å². The zero-order valence-corrected chi connectivity index (χ0v) is 15.3. The van der Waals surface area contributed by atoms with Gasteiger partial charge in [0.2, 0.25) is 0 Å². The minimum Gasteiger partial charge on any atom is -0.324 e. The van der Waals surface area contributed by atoms with Gasteiger partial charge in [-0.05, 0) is 69.3 Å². The van der Waals surface area contributed by atoms with Crippen molar-refractivity contribution < 1.29 is 0 Å². The largest absolute Gasteiger partial charge is 0.324 e. The molecular weight excluding hydrogens is 348 g/mol. The lowest BCUT2D eigenvalue weighted by atomic mass is 9.86. The van der Waals surface area contributed by atoms with Crippen LogP contribution in [-0.4, -0.2) is 24.5 Å². The number of hydrogen-bond acceptors (Lipinski definition) is 2. The van der Waals surface area contributed by atoms with Gasteiger partial charge in [0.05, 0.1) is 0 Å². The second-order valence-electron chi connectivity index (χ2n) is 6.46. The first-order valence-corrected chi connectivity index (χ1v) is 9.05. The molecule has 2 N–H and O–H groups in total. The van der Waals surface area contributed by atoms with Gasteiger partial charge in [0.25, 0.3) is 0 Å². The molecule has 1 aliphatic rings. The maximum absolute atomic E-state index is 6.32. The molecule has 1 aromatic rings. The maximum atomic E-state index is 6.32. The van der Waals surface area contributed by atoms with Crippen molar-refractivity contribution in [2.24, 2.45) is 11.7 Å². The van der Waals surface area contributed by atoms with Crippen LogP contribution < -0.4 is 5.73 Å². The molecule has 2 rings (SSSR count). The predicted octanol–water partition coefficient (Wildman–Crippen LogP) is 5.00. The zero-order chi connectivity index (χ0) is 15.4. The summed E-state index contributed by atoms with van der Waals surface area (Å²) in [6.07, 6.45) is 6.32. The Hall–Kier alpha value is -0.0900. The average molecular weight is 374 g/mol. The van der Waals surface area contributed by atoms with E-state index in [9.17, 15) is 0 Å². The molecule has 1 aromatic carbocycles. The Balaban J connectivity index is 1.84. The molecule has 1 atom stereocenters. The summed E-state index contributed by atoms with van der Waals surface area (Å²) in [7, 11) is 2.23. The van der Waals surface area contributed by atoms with E-state index >= 15 is 0 Å². The molecule has 2 nitrogen and oxygen atoms in total. The van der Waals surface area contributed by atoms with E-state index in [-0.39, 0.29) is 6.04 Å². The van der Waals surface area contributed by atoms with Gasteiger partial charge >= 0.3 is 0 Å². The van der Waals surface area contributed by atoms with Crippen LogP contribution in [0.2, 0.25) is 5.02 Å². The van der Waals surface area contributed by atoms with Crippen LogP contribution >= 0.6 is 27.5 Å². The van der Waals surface area contributed by atoms with Crippen LogP contribution in [0.5, 0.6) is 0 Å². The molecule has 1 unspecified atom stereocenters. The molecule has 1 fully saturated rings. The van der Waals surface area contributed by atoms with E-state index in [2.05, 4.69) is 34.8 Å². The molecule has 0 aromatic heterocycles. The van der Waals surface area contributed by atoms with Crippen LogP contribution in [0, 0.1) is 5.92 Å². The quantitative estimate of drug-likeness (QED) is 0.786. The normalized spacial score (nSPS) is 24.3. The molecule has 0 heterocycles. The highest BCUT2D eigenvalue weighted by Gasteiger charge is 2.22. The van der Waals surface area contributed by atoms with E-state index in [1.807, 2.05) is 18.2 Å². The molecule has 4 heteroatoms. The molecule has 0 aliphatic heterocycles. The lowest BCUT2D eigenvalue weighted by Gasteiger charge is -2.34. The third-order valence-corrected chi connectivity index (χ3v) is 5.58. The molecule has 1 aliphatic carbocycles. The summed E-state index contributed by atoms with van der Waals surface area (Å²) in [6, 6.07) is 6.69. The third-order valence-electron chi connectivity index (χ3n) is 4.76. The molecular formula is C17H26BrClN2. The third kappa shape index (κ3) is 4.95. The van der Waals surface area contributed by atoms with Crippen molar-refractivity contribution >= 4 is 27.5 Å². The molecule has 0 amide bonds. The highest BCUT2D eigenvalue weighted by Crippen LogP contribution is 2.29. The van der Waals surface area contributed by atoms with E-state index < -0.39 is 0 Å². The second-order valence-corrected chi connectivity index (χ2v) is 7.78. The highest BCUT2D eigenvalue weighted by atomic mass is 79.9. The summed E-state index contributed by atoms with van der Waals surface area (Å²) in [4.78, 5) is 2.48. The minimum absolute atomic E-state index is 0.00978. The summed E-state index contributed by atoms with van der Waals surface area (Å²) in [5.41, 5.74) is 7.37. The van der Waals surface area contributed by atoms with Gasteiger partial charge in [0.15, 0.2) is 0 Å². The SMILES string of the molecule is CC1CCC(N(C)CCC(N)c2ccc(Br)cc2Cl)CC1. The van der Waals surface area contributed by atoms with Crippen LogP contribution in [0.25, 0.3) is 0 Å². The van der Waals surface area contributed by atoms with Gasteiger partial charge in [-0.25, -0.2) is 0 Å². The summed E-state index contributed by atoms with van der Waals surface area (Å²) >= 11 is 9.71. The van der Waals surface area contributed by atoms with E-state index in [1.165, 1.54) is 25.7 Å². The van der Waals surface area contributed by atoms with Crippen molar-refractivity contribution in [1.29, 1.82) is 0 Å². The van der Waals surface area contributed by atoms with Gasteiger partial charge in [-0.3, -0.25) is 0 Å². The molecule has 21 heavy (non-hydrogen) atoms. The number of rotatable bonds is 5. The van der Waals surface area contributed by atoms with Gasteiger partial charge < -0.3 is 10.6 Å². The predicted molar refractivity (Wildman–Crippen MR) is 94.7 cm³/mol. The Morgan fingerprint density at radius 3 is 2.62 bits per heavy atom. The van der Waals surface area contributed by atoms with Crippen molar-refractivity contribution in [3.63, 3.8) is 0 Å². The number of benzene rings is 1. The Bertz CT molecular complexity index is 458. The first kappa shape index (κ1) is 17.3. The van der Waals surface area contributed by atoms with Gasteiger partial charge in [0, 0.05) is 21.6 Å². The number of halogens is 2. The fraction of sp³-hybridized carbons (Fsp3) is 0.647. The van der Waals surface area contributed by atoms with Crippen molar-refractivity contribution in [3.8, 4) is 0 Å². The lowest BCUT2D eigenvalue weighted by molar-refractivity contribution is 0.166. The molecule has 0 saturated heterocycles. The van der Waals surface area contributed by atoms with Crippen LogP contribution in [0.4, 0.5) is 0 Å². The average Bonchev–Trinajstić information content (AvgIpc) is 2.45. The van der Waals surface area contributed by atoms with Crippen molar-refractivity contribution in [3.05, 3.63) is 33.3 Å². The first-order chi connectivity index (χ1) is 9.97. The number of nitrogens with zero attached hydrogens (tertiary/aromatic N) is 1. The topological polar surface area (TPSA) is 29.3 Å². The van der Waals surface area contributed by atoms with Crippen LogP contribution in [0.3, 0.4) is 0 Å². The number of nitrogens with two attached hydrogens (primary N) is 1. The Morgan fingerprint density at radius 2 is 2.00 bits per heavy atom. The van der Waals surface area contributed by atoms with Crippen LogP contribution in [-0.2, 0) is 0 Å². The van der Waals surface area contributed by atoms with Crippen LogP contribution in [0.1, 0.15) is 50.6 Å². The van der Waals surface area contributed by atoms with Crippen molar-refractivity contribution in [2.75, 3.05) is 13.6 Å². The Labute approximate surface area is 142 Å². The van der Waals surface area contributed by atoms with Gasteiger partial charge in [-0.15, -0.1) is 0 Å². The van der Waals surface area contributed by atoms with Crippen molar-refractivity contribution in [2.45, 2.75) is 51.1 Å². The van der Waals surface area contributed by atoms with Gasteiger partial charge in [-0.2, -0.15) is 0 Å². The summed E-state index contributed by atoms with van der Waals surface area (Å²) in [5, 5.41) is 0.756. The minimum atomic E-state index is 0.00978.